The summed E-state index contributed by atoms with van der Waals surface area (Å²) in [5.74, 6) is -0.307. The van der Waals surface area contributed by atoms with E-state index in [0.29, 0.717) is 24.1 Å². The van der Waals surface area contributed by atoms with Crippen molar-refractivity contribution in [3.05, 3.63) is 52.3 Å². The smallest absolute Gasteiger partial charge is 0.269 e. The Morgan fingerprint density at radius 2 is 2.09 bits per heavy atom. The Morgan fingerprint density at radius 3 is 2.65 bits per heavy atom. The zero-order chi connectivity index (χ0) is 16.4. The van der Waals surface area contributed by atoms with E-state index in [-0.39, 0.29) is 18.1 Å². The second-order valence-electron chi connectivity index (χ2n) is 5.71. The Balaban J connectivity index is 1.67. The lowest BCUT2D eigenvalue weighted by atomic mass is 9.80. The van der Waals surface area contributed by atoms with Crippen LogP contribution in [0.15, 0.2) is 36.7 Å². The van der Waals surface area contributed by atoms with Crippen molar-refractivity contribution < 1.29 is 14.8 Å². The number of nitrogens with one attached hydrogen (secondary N) is 1. The summed E-state index contributed by atoms with van der Waals surface area (Å²) >= 11 is 0. The molecule has 0 unspecified atom stereocenters. The molecular weight excluding hydrogens is 300 g/mol. The van der Waals surface area contributed by atoms with Gasteiger partial charge in [0.2, 0.25) is 0 Å². The first-order chi connectivity index (χ1) is 11.0. The number of aromatic nitrogens is 2. The molecule has 2 N–H and O–H groups in total. The molecule has 2 aromatic rings. The summed E-state index contributed by atoms with van der Waals surface area (Å²) in [7, 11) is 0. The number of carbonyl (C=O) groups is 1. The molecule has 1 saturated carbocycles. The number of nitro benzene ring substituents is 1. The van der Waals surface area contributed by atoms with Crippen molar-refractivity contribution in [1.29, 1.82) is 0 Å². The third-order valence-electron chi connectivity index (χ3n) is 4.03. The van der Waals surface area contributed by atoms with Crippen molar-refractivity contribution in [3.63, 3.8) is 0 Å². The highest BCUT2D eigenvalue weighted by molar-refractivity contribution is 5.93. The number of rotatable bonds is 5. The zero-order valence-electron chi connectivity index (χ0n) is 12.3. The van der Waals surface area contributed by atoms with Crippen LogP contribution in [-0.4, -0.2) is 37.9 Å². The maximum Gasteiger partial charge on any atom is 0.269 e. The van der Waals surface area contributed by atoms with E-state index in [1.54, 1.807) is 18.3 Å². The Kier molecular flexibility index (Phi) is 3.83. The molecule has 1 aliphatic rings. The summed E-state index contributed by atoms with van der Waals surface area (Å²) in [6.07, 6.45) is 5.35. The lowest BCUT2D eigenvalue weighted by Gasteiger charge is -2.36. The fraction of sp³-hybridized carbons (Fsp3) is 0.333. The number of hydrogen-bond donors (Lipinski definition) is 2. The van der Waals surface area contributed by atoms with Gasteiger partial charge < -0.3 is 10.4 Å². The van der Waals surface area contributed by atoms with Crippen LogP contribution in [0.1, 0.15) is 29.6 Å². The van der Waals surface area contributed by atoms with Crippen LogP contribution in [0.5, 0.6) is 0 Å². The average molecular weight is 316 g/mol. The average Bonchev–Trinajstić information content (AvgIpc) is 3.01. The predicted octanol–water partition coefficient (Wildman–Crippen LogP) is 1.43. The van der Waals surface area contributed by atoms with Gasteiger partial charge in [0.15, 0.2) is 0 Å². The quantitative estimate of drug-likeness (QED) is 0.640. The van der Waals surface area contributed by atoms with Gasteiger partial charge in [0.05, 0.1) is 28.0 Å². The van der Waals surface area contributed by atoms with Crippen molar-refractivity contribution in [1.82, 2.24) is 15.1 Å². The van der Waals surface area contributed by atoms with E-state index in [0.717, 1.165) is 6.42 Å². The van der Waals surface area contributed by atoms with Crippen LogP contribution in [0.4, 0.5) is 5.69 Å². The highest BCUT2D eigenvalue weighted by Gasteiger charge is 2.34. The molecule has 1 aromatic carbocycles. The van der Waals surface area contributed by atoms with Crippen molar-refractivity contribution in [2.24, 2.45) is 0 Å². The molecule has 8 nitrogen and oxygen atoms in total. The summed E-state index contributed by atoms with van der Waals surface area (Å²) in [6, 6.07) is 5.87. The Labute approximate surface area is 131 Å². The Morgan fingerprint density at radius 1 is 1.39 bits per heavy atom. The van der Waals surface area contributed by atoms with Gasteiger partial charge in [-0.1, -0.05) is 0 Å². The van der Waals surface area contributed by atoms with E-state index in [9.17, 15) is 20.0 Å². The predicted molar refractivity (Wildman–Crippen MR) is 81.4 cm³/mol. The molecule has 0 radical (unpaired) electrons. The highest BCUT2D eigenvalue weighted by Crippen LogP contribution is 2.30. The van der Waals surface area contributed by atoms with Crippen molar-refractivity contribution >= 4 is 11.6 Å². The number of benzene rings is 1. The molecule has 1 heterocycles. The van der Waals surface area contributed by atoms with Gasteiger partial charge in [-0.15, -0.1) is 0 Å². The first-order valence-corrected chi connectivity index (χ1v) is 7.27. The Bertz CT molecular complexity index is 734. The van der Waals surface area contributed by atoms with Crippen LogP contribution in [0, 0.1) is 10.1 Å². The number of hydrogen-bond acceptors (Lipinski definition) is 5. The van der Waals surface area contributed by atoms with Gasteiger partial charge >= 0.3 is 0 Å². The summed E-state index contributed by atoms with van der Waals surface area (Å²) in [4.78, 5) is 22.2. The summed E-state index contributed by atoms with van der Waals surface area (Å²) < 4.78 is 1.47. The minimum Gasteiger partial charge on any atom is -0.388 e. The molecule has 1 aromatic heterocycles. The standard InChI is InChI=1S/C15H16N4O4/c20-14(16-10-15(21)6-1-7-15)11-8-17-18(9-11)12-2-4-13(5-3-12)19(22)23/h2-5,8-9,21H,1,6-7,10H2,(H,16,20). The topological polar surface area (TPSA) is 110 Å². The summed E-state index contributed by atoms with van der Waals surface area (Å²) in [5, 5.41) is 27.4. The van der Waals surface area contributed by atoms with Gasteiger partial charge in [-0.2, -0.15) is 5.10 Å². The van der Waals surface area contributed by atoms with E-state index in [2.05, 4.69) is 10.4 Å². The van der Waals surface area contributed by atoms with Gasteiger partial charge in [0.1, 0.15) is 0 Å². The first kappa shape index (κ1) is 15.2. The van der Waals surface area contributed by atoms with Gasteiger partial charge in [0, 0.05) is 24.9 Å². The minimum atomic E-state index is -0.774. The van der Waals surface area contributed by atoms with Crippen LogP contribution in [0.2, 0.25) is 0 Å². The maximum absolute atomic E-state index is 12.1. The second kappa shape index (κ2) is 5.81. The van der Waals surface area contributed by atoms with Crippen molar-refractivity contribution in [2.75, 3.05) is 6.54 Å². The summed E-state index contributed by atoms with van der Waals surface area (Å²) in [5.41, 5.74) is 0.204. The largest absolute Gasteiger partial charge is 0.388 e. The van der Waals surface area contributed by atoms with Gasteiger partial charge in [-0.3, -0.25) is 14.9 Å². The monoisotopic (exact) mass is 316 g/mol. The van der Waals surface area contributed by atoms with E-state index < -0.39 is 10.5 Å². The molecule has 8 heteroatoms. The molecule has 0 saturated heterocycles. The van der Waals surface area contributed by atoms with Crippen molar-refractivity contribution in [3.8, 4) is 5.69 Å². The van der Waals surface area contributed by atoms with Gasteiger partial charge in [-0.05, 0) is 31.4 Å². The molecule has 0 bridgehead atoms. The first-order valence-electron chi connectivity index (χ1n) is 7.27. The molecular formula is C15H16N4O4. The number of nitro groups is 1. The molecule has 23 heavy (non-hydrogen) atoms. The molecule has 3 rings (SSSR count). The van der Waals surface area contributed by atoms with E-state index in [1.807, 2.05) is 0 Å². The van der Waals surface area contributed by atoms with E-state index in [4.69, 9.17) is 0 Å². The zero-order valence-corrected chi connectivity index (χ0v) is 12.3. The number of non-ortho nitro benzene ring substituents is 1. The molecule has 1 fully saturated rings. The third kappa shape index (κ3) is 3.21. The van der Waals surface area contributed by atoms with Gasteiger partial charge in [-0.25, -0.2) is 4.68 Å². The van der Waals surface area contributed by atoms with Crippen molar-refractivity contribution in [2.45, 2.75) is 24.9 Å². The van der Waals surface area contributed by atoms with Crippen LogP contribution in [0.25, 0.3) is 5.69 Å². The van der Waals surface area contributed by atoms with Crippen LogP contribution < -0.4 is 5.32 Å². The number of amides is 1. The molecule has 0 atom stereocenters. The van der Waals surface area contributed by atoms with Crippen LogP contribution in [0.3, 0.4) is 0 Å². The number of aliphatic hydroxyl groups is 1. The normalized spacial score (nSPS) is 15.7. The molecule has 1 aliphatic carbocycles. The Hall–Kier alpha value is -2.74. The maximum atomic E-state index is 12.1. The molecule has 1 amide bonds. The summed E-state index contributed by atoms with van der Waals surface area (Å²) in [6.45, 7) is 0.231. The fourth-order valence-corrected chi connectivity index (χ4v) is 2.42. The number of nitrogens with zero attached hydrogens (tertiary/aromatic N) is 3. The SMILES string of the molecule is O=C(NCC1(O)CCC1)c1cnn(-c2ccc([N+](=O)[O-])cc2)c1. The lowest BCUT2D eigenvalue weighted by molar-refractivity contribution is -0.384. The number of carbonyl (C=O) groups excluding carboxylic acids is 1. The fourth-order valence-electron chi connectivity index (χ4n) is 2.42. The van der Waals surface area contributed by atoms with Crippen LogP contribution in [-0.2, 0) is 0 Å². The van der Waals surface area contributed by atoms with E-state index in [1.165, 1.54) is 23.0 Å². The third-order valence-corrected chi connectivity index (χ3v) is 4.03. The molecule has 0 spiro atoms. The molecule has 0 aliphatic heterocycles. The minimum absolute atomic E-state index is 0.00684. The van der Waals surface area contributed by atoms with Crippen LogP contribution >= 0.6 is 0 Å². The lowest BCUT2D eigenvalue weighted by Crippen LogP contribution is -2.47. The second-order valence-corrected chi connectivity index (χ2v) is 5.71. The highest BCUT2D eigenvalue weighted by atomic mass is 16.6. The molecule has 120 valence electrons. The van der Waals surface area contributed by atoms with E-state index >= 15 is 0 Å². The van der Waals surface area contributed by atoms with Gasteiger partial charge in [0.25, 0.3) is 11.6 Å².